The summed E-state index contributed by atoms with van der Waals surface area (Å²) in [5.41, 5.74) is -0.172. The first-order chi connectivity index (χ1) is 8.68. The fourth-order valence-corrected chi connectivity index (χ4v) is 3.31. The average Bonchev–Trinajstić information content (AvgIpc) is 2.82. The number of carbonyl (C=O) groups excluding carboxylic acids is 1. The van der Waals surface area contributed by atoms with E-state index in [1.807, 2.05) is 0 Å². The highest BCUT2D eigenvalue weighted by atomic mass is 16.3. The first-order valence-corrected chi connectivity index (χ1v) is 7.35. The molecule has 0 radical (unpaired) electrons. The third kappa shape index (κ3) is 2.86. The fourth-order valence-electron chi connectivity index (χ4n) is 3.31. The monoisotopic (exact) mass is 254 g/mol. The maximum Gasteiger partial charge on any atom is 0.226 e. The van der Waals surface area contributed by atoms with Gasteiger partial charge in [0.25, 0.3) is 0 Å². The largest absolute Gasteiger partial charge is 0.393 e. The molecule has 4 nitrogen and oxygen atoms in total. The van der Waals surface area contributed by atoms with Crippen LogP contribution in [-0.2, 0) is 4.79 Å². The third-order valence-electron chi connectivity index (χ3n) is 4.86. The number of aliphatic hydroxyl groups excluding tert-OH is 1. The lowest BCUT2D eigenvalue weighted by Crippen LogP contribution is -2.48. The standard InChI is InChI=1S/C14H26N2O2/c1-2-14(6-8-15-9-7-14)13(18)16-10-11-4-3-5-12(11)17/h11-12,15,17H,2-10H2,1H3,(H,16,18). The van der Waals surface area contributed by atoms with Crippen LogP contribution in [0.4, 0.5) is 0 Å². The third-order valence-corrected chi connectivity index (χ3v) is 4.86. The van der Waals surface area contributed by atoms with Gasteiger partial charge in [0.05, 0.1) is 11.5 Å². The first kappa shape index (κ1) is 13.8. The van der Waals surface area contributed by atoms with Crippen molar-refractivity contribution in [1.29, 1.82) is 0 Å². The number of carbonyl (C=O) groups is 1. The van der Waals surface area contributed by atoms with Crippen molar-refractivity contribution >= 4 is 5.91 Å². The molecule has 2 rings (SSSR count). The Bertz CT molecular complexity index is 288. The second-order valence-corrected chi connectivity index (χ2v) is 5.85. The van der Waals surface area contributed by atoms with E-state index in [4.69, 9.17) is 0 Å². The molecular weight excluding hydrogens is 228 g/mol. The smallest absolute Gasteiger partial charge is 0.226 e. The van der Waals surface area contributed by atoms with Gasteiger partial charge in [-0.15, -0.1) is 0 Å². The second kappa shape index (κ2) is 6.02. The molecule has 2 atom stereocenters. The molecule has 0 bridgehead atoms. The van der Waals surface area contributed by atoms with Crippen molar-refractivity contribution in [3.63, 3.8) is 0 Å². The van der Waals surface area contributed by atoms with E-state index < -0.39 is 0 Å². The zero-order valence-electron chi connectivity index (χ0n) is 11.4. The van der Waals surface area contributed by atoms with E-state index in [0.717, 1.165) is 51.6 Å². The molecule has 0 aromatic rings. The van der Waals surface area contributed by atoms with Gasteiger partial charge in [0.15, 0.2) is 0 Å². The van der Waals surface area contributed by atoms with Crippen LogP contribution >= 0.6 is 0 Å². The van der Waals surface area contributed by atoms with Crippen LogP contribution in [0.3, 0.4) is 0 Å². The zero-order chi connectivity index (χ0) is 13.0. The molecule has 1 heterocycles. The first-order valence-electron chi connectivity index (χ1n) is 7.35. The molecule has 2 unspecified atom stereocenters. The topological polar surface area (TPSA) is 61.4 Å². The molecule has 104 valence electrons. The van der Waals surface area contributed by atoms with Crippen molar-refractivity contribution in [1.82, 2.24) is 10.6 Å². The summed E-state index contributed by atoms with van der Waals surface area (Å²) < 4.78 is 0. The molecule has 1 saturated heterocycles. The minimum Gasteiger partial charge on any atom is -0.393 e. The van der Waals surface area contributed by atoms with Gasteiger partial charge < -0.3 is 15.7 Å². The maximum absolute atomic E-state index is 12.4. The van der Waals surface area contributed by atoms with E-state index in [2.05, 4.69) is 17.6 Å². The number of aliphatic hydroxyl groups is 1. The molecule has 3 N–H and O–H groups in total. The molecule has 2 aliphatic rings. The van der Waals surface area contributed by atoms with E-state index in [1.54, 1.807) is 0 Å². The Morgan fingerprint density at radius 2 is 2.11 bits per heavy atom. The Morgan fingerprint density at radius 1 is 1.39 bits per heavy atom. The summed E-state index contributed by atoms with van der Waals surface area (Å²) in [5, 5.41) is 16.2. The van der Waals surface area contributed by atoms with E-state index in [9.17, 15) is 9.90 Å². The van der Waals surface area contributed by atoms with Crippen LogP contribution in [0.2, 0.25) is 0 Å². The summed E-state index contributed by atoms with van der Waals surface area (Å²) in [5.74, 6) is 0.468. The minimum absolute atomic E-state index is 0.172. The maximum atomic E-state index is 12.4. The summed E-state index contributed by atoms with van der Waals surface area (Å²) >= 11 is 0. The van der Waals surface area contributed by atoms with E-state index in [0.29, 0.717) is 6.54 Å². The van der Waals surface area contributed by atoms with E-state index >= 15 is 0 Å². The molecule has 4 heteroatoms. The van der Waals surface area contributed by atoms with Crippen LogP contribution < -0.4 is 10.6 Å². The van der Waals surface area contributed by atoms with Crippen molar-refractivity contribution in [3.05, 3.63) is 0 Å². The lowest BCUT2D eigenvalue weighted by Gasteiger charge is -2.35. The van der Waals surface area contributed by atoms with Gasteiger partial charge in [-0.1, -0.05) is 13.3 Å². The Morgan fingerprint density at radius 3 is 2.67 bits per heavy atom. The van der Waals surface area contributed by atoms with Gasteiger partial charge in [-0.25, -0.2) is 0 Å². The molecule has 0 aromatic heterocycles. The van der Waals surface area contributed by atoms with Crippen molar-refractivity contribution < 1.29 is 9.90 Å². The lowest BCUT2D eigenvalue weighted by atomic mass is 9.76. The SMILES string of the molecule is CCC1(C(=O)NCC2CCCC2O)CCNCC1. The molecule has 1 aliphatic carbocycles. The van der Waals surface area contributed by atoms with Crippen LogP contribution in [0.15, 0.2) is 0 Å². The van der Waals surface area contributed by atoms with Gasteiger partial charge in [0, 0.05) is 12.5 Å². The van der Waals surface area contributed by atoms with Crippen LogP contribution in [0.5, 0.6) is 0 Å². The van der Waals surface area contributed by atoms with E-state index in [-0.39, 0.29) is 23.3 Å². The minimum atomic E-state index is -0.212. The lowest BCUT2D eigenvalue weighted by molar-refractivity contribution is -0.133. The number of rotatable bonds is 4. The van der Waals surface area contributed by atoms with Gasteiger partial charge in [-0.3, -0.25) is 4.79 Å². The number of hydrogen-bond acceptors (Lipinski definition) is 3. The summed E-state index contributed by atoms with van der Waals surface area (Å²) in [7, 11) is 0. The van der Waals surface area contributed by atoms with Crippen LogP contribution in [0, 0.1) is 11.3 Å². The molecule has 1 saturated carbocycles. The highest BCUT2D eigenvalue weighted by molar-refractivity contribution is 5.82. The Kier molecular flexibility index (Phi) is 4.62. The molecule has 0 aromatic carbocycles. The number of hydrogen-bond donors (Lipinski definition) is 3. The van der Waals surface area contributed by atoms with Crippen molar-refractivity contribution in [2.75, 3.05) is 19.6 Å². The number of piperidine rings is 1. The predicted octanol–water partition coefficient (Wildman–Crippen LogP) is 1.04. The van der Waals surface area contributed by atoms with Gasteiger partial charge in [0.2, 0.25) is 5.91 Å². The van der Waals surface area contributed by atoms with Gasteiger partial charge in [-0.05, 0) is 45.2 Å². The van der Waals surface area contributed by atoms with E-state index in [1.165, 1.54) is 0 Å². The van der Waals surface area contributed by atoms with Crippen LogP contribution in [0.1, 0.15) is 45.4 Å². The summed E-state index contributed by atoms with van der Waals surface area (Å²) in [4.78, 5) is 12.4. The Hall–Kier alpha value is -0.610. The quantitative estimate of drug-likeness (QED) is 0.702. The highest BCUT2D eigenvalue weighted by Gasteiger charge is 2.38. The Labute approximate surface area is 110 Å². The summed E-state index contributed by atoms with van der Waals surface area (Å²) in [6, 6.07) is 0. The van der Waals surface area contributed by atoms with Crippen molar-refractivity contribution in [2.45, 2.75) is 51.6 Å². The highest BCUT2D eigenvalue weighted by Crippen LogP contribution is 2.33. The molecule has 1 amide bonds. The molecule has 1 aliphatic heterocycles. The van der Waals surface area contributed by atoms with Crippen molar-refractivity contribution in [3.8, 4) is 0 Å². The van der Waals surface area contributed by atoms with Crippen LogP contribution in [-0.4, -0.2) is 36.8 Å². The predicted molar refractivity (Wildman–Crippen MR) is 71.2 cm³/mol. The van der Waals surface area contributed by atoms with Crippen LogP contribution in [0.25, 0.3) is 0 Å². The van der Waals surface area contributed by atoms with Gasteiger partial charge in [0.1, 0.15) is 0 Å². The number of nitrogens with one attached hydrogen (secondary N) is 2. The number of amides is 1. The second-order valence-electron chi connectivity index (χ2n) is 5.85. The summed E-state index contributed by atoms with van der Waals surface area (Å²) in [6.45, 7) is 4.63. The van der Waals surface area contributed by atoms with Gasteiger partial charge >= 0.3 is 0 Å². The normalized spacial score (nSPS) is 31.2. The molecule has 18 heavy (non-hydrogen) atoms. The van der Waals surface area contributed by atoms with Gasteiger partial charge in [-0.2, -0.15) is 0 Å². The molecule has 0 spiro atoms. The zero-order valence-corrected chi connectivity index (χ0v) is 11.4. The average molecular weight is 254 g/mol. The summed E-state index contributed by atoms with van der Waals surface area (Å²) in [6.07, 6.45) is 5.59. The Balaban J connectivity index is 1.85. The molecule has 2 fully saturated rings. The molecular formula is C14H26N2O2. The van der Waals surface area contributed by atoms with Crippen molar-refractivity contribution in [2.24, 2.45) is 11.3 Å². The fraction of sp³-hybridized carbons (Fsp3) is 0.929.